The fourth-order valence-corrected chi connectivity index (χ4v) is 4.12. The SMILES string of the molecule is CC1=C(C#N)c2nc(N)c(C#N)c(C)c2C1=Cc1ccc(N2CCCC2)cc1. The first-order valence-corrected chi connectivity index (χ1v) is 9.44. The minimum Gasteiger partial charge on any atom is -0.383 e. The van der Waals surface area contributed by atoms with E-state index in [2.05, 4.69) is 52.4 Å². The molecule has 1 aromatic carbocycles. The lowest BCUT2D eigenvalue weighted by atomic mass is 9.95. The molecule has 1 aliphatic heterocycles. The maximum Gasteiger partial charge on any atom is 0.142 e. The van der Waals surface area contributed by atoms with Crippen LogP contribution in [-0.2, 0) is 0 Å². The predicted octanol–water partition coefficient (Wildman–Crippen LogP) is 4.30. The van der Waals surface area contributed by atoms with Crippen molar-refractivity contribution in [1.29, 1.82) is 10.5 Å². The first kappa shape index (κ1) is 17.8. The second kappa shape index (κ2) is 6.87. The molecular formula is C23H21N5. The number of hydrogen-bond donors (Lipinski definition) is 1. The summed E-state index contributed by atoms with van der Waals surface area (Å²) in [4.78, 5) is 6.77. The highest BCUT2D eigenvalue weighted by Gasteiger charge is 2.29. The van der Waals surface area contributed by atoms with Gasteiger partial charge in [0.15, 0.2) is 0 Å². The van der Waals surface area contributed by atoms with Crippen molar-refractivity contribution in [2.45, 2.75) is 26.7 Å². The van der Waals surface area contributed by atoms with Gasteiger partial charge in [-0.15, -0.1) is 0 Å². The fraction of sp³-hybridized carbons (Fsp3) is 0.261. The van der Waals surface area contributed by atoms with Crippen LogP contribution in [0.15, 0.2) is 29.8 Å². The number of fused-ring (bicyclic) bond motifs is 1. The molecule has 4 rings (SSSR count). The first-order valence-electron chi connectivity index (χ1n) is 9.44. The minimum atomic E-state index is 0.176. The highest BCUT2D eigenvalue weighted by Crippen LogP contribution is 2.44. The van der Waals surface area contributed by atoms with Crippen LogP contribution in [0, 0.1) is 29.6 Å². The van der Waals surface area contributed by atoms with Crippen LogP contribution in [0.25, 0.3) is 17.2 Å². The lowest BCUT2D eigenvalue weighted by Crippen LogP contribution is -2.17. The van der Waals surface area contributed by atoms with E-state index in [1.807, 2.05) is 13.8 Å². The Morgan fingerprint density at radius 1 is 1.07 bits per heavy atom. The van der Waals surface area contributed by atoms with Crippen molar-refractivity contribution in [2.75, 3.05) is 23.7 Å². The Bertz CT molecular complexity index is 1100. The van der Waals surface area contributed by atoms with Gasteiger partial charge in [0.05, 0.1) is 16.8 Å². The third kappa shape index (κ3) is 2.73. The number of benzene rings is 1. The summed E-state index contributed by atoms with van der Waals surface area (Å²) < 4.78 is 0. The van der Waals surface area contributed by atoms with Crippen molar-refractivity contribution in [2.24, 2.45) is 0 Å². The summed E-state index contributed by atoms with van der Waals surface area (Å²) in [6.07, 6.45) is 4.57. The molecule has 0 radical (unpaired) electrons. The lowest BCUT2D eigenvalue weighted by Gasteiger charge is -2.17. The predicted molar refractivity (Wildman–Crippen MR) is 112 cm³/mol. The van der Waals surface area contributed by atoms with E-state index in [0.29, 0.717) is 16.8 Å². The number of nitriles is 2. The van der Waals surface area contributed by atoms with E-state index < -0.39 is 0 Å². The van der Waals surface area contributed by atoms with E-state index in [-0.39, 0.29) is 5.82 Å². The quantitative estimate of drug-likeness (QED) is 0.855. The molecule has 0 amide bonds. The van der Waals surface area contributed by atoms with E-state index in [1.54, 1.807) is 0 Å². The Morgan fingerprint density at radius 3 is 2.36 bits per heavy atom. The summed E-state index contributed by atoms with van der Waals surface area (Å²) in [7, 11) is 0. The second-order valence-electron chi connectivity index (χ2n) is 7.29. The minimum absolute atomic E-state index is 0.176. The maximum atomic E-state index is 9.65. The van der Waals surface area contributed by atoms with Crippen LogP contribution < -0.4 is 10.6 Å². The Morgan fingerprint density at radius 2 is 1.75 bits per heavy atom. The summed E-state index contributed by atoms with van der Waals surface area (Å²) in [5.41, 5.74) is 13.1. The third-order valence-corrected chi connectivity index (χ3v) is 5.66. The number of rotatable bonds is 2. The average Bonchev–Trinajstić information content (AvgIpc) is 3.30. The van der Waals surface area contributed by atoms with Crippen molar-refractivity contribution in [1.82, 2.24) is 4.98 Å². The fourth-order valence-electron chi connectivity index (χ4n) is 4.12. The molecule has 0 bridgehead atoms. The number of hydrogen-bond acceptors (Lipinski definition) is 5. The number of nitrogens with zero attached hydrogens (tertiary/aromatic N) is 4. The van der Waals surface area contributed by atoms with Crippen molar-refractivity contribution in [3.63, 3.8) is 0 Å². The van der Waals surface area contributed by atoms with Crippen LogP contribution in [0.2, 0.25) is 0 Å². The summed E-state index contributed by atoms with van der Waals surface area (Å²) in [5.74, 6) is 0.176. The Hall–Kier alpha value is -3.57. The highest BCUT2D eigenvalue weighted by atomic mass is 15.1. The molecule has 0 spiro atoms. The monoisotopic (exact) mass is 367 g/mol. The second-order valence-corrected chi connectivity index (χ2v) is 7.29. The van der Waals surface area contributed by atoms with Gasteiger partial charge in [0, 0.05) is 24.3 Å². The number of nitrogen functional groups attached to an aromatic ring is 1. The first-order chi connectivity index (χ1) is 13.5. The molecule has 2 aromatic rings. The molecule has 28 heavy (non-hydrogen) atoms. The molecule has 0 atom stereocenters. The van der Waals surface area contributed by atoms with E-state index in [9.17, 15) is 10.5 Å². The zero-order valence-electron chi connectivity index (χ0n) is 16.1. The van der Waals surface area contributed by atoms with E-state index in [0.717, 1.165) is 40.9 Å². The molecule has 1 aromatic heterocycles. The van der Waals surface area contributed by atoms with Crippen LogP contribution in [-0.4, -0.2) is 18.1 Å². The molecule has 1 saturated heterocycles. The molecule has 2 heterocycles. The van der Waals surface area contributed by atoms with E-state index in [1.165, 1.54) is 18.5 Å². The van der Waals surface area contributed by atoms with Gasteiger partial charge in [0.2, 0.25) is 0 Å². The Balaban J connectivity index is 1.81. The van der Waals surface area contributed by atoms with Gasteiger partial charge in [0.25, 0.3) is 0 Å². The molecular weight excluding hydrogens is 346 g/mol. The zero-order valence-corrected chi connectivity index (χ0v) is 16.1. The molecule has 0 saturated carbocycles. The number of aromatic nitrogens is 1. The average molecular weight is 367 g/mol. The number of pyridine rings is 1. The zero-order chi connectivity index (χ0) is 19.8. The summed E-state index contributed by atoms with van der Waals surface area (Å²) in [6, 6.07) is 12.9. The van der Waals surface area contributed by atoms with Crippen molar-refractivity contribution >= 4 is 28.7 Å². The molecule has 5 nitrogen and oxygen atoms in total. The van der Waals surface area contributed by atoms with Gasteiger partial charge in [-0.2, -0.15) is 10.5 Å². The standard InChI is InChI=1S/C23H21N5/c1-14-18(11-16-5-7-17(8-6-16)28-9-3-4-10-28)21-15(2)20(13-25)23(26)27-22(21)19(14)12-24/h5-8,11H,3-4,9-10H2,1-2H3,(H2,26,27). The number of anilines is 2. The smallest absolute Gasteiger partial charge is 0.142 e. The third-order valence-electron chi connectivity index (χ3n) is 5.66. The molecule has 2 N–H and O–H groups in total. The van der Waals surface area contributed by atoms with Crippen molar-refractivity contribution in [3.8, 4) is 12.1 Å². The molecule has 138 valence electrons. The van der Waals surface area contributed by atoms with Crippen LogP contribution in [0.1, 0.15) is 47.7 Å². The molecule has 0 unspecified atom stereocenters. The summed E-state index contributed by atoms with van der Waals surface area (Å²) >= 11 is 0. The molecule has 1 aliphatic carbocycles. The lowest BCUT2D eigenvalue weighted by molar-refractivity contribution is 0.949. The van der Waals surface area contributed by atoms with E-state index >= 15 is 0 Å². The Labute approximate surface area is 165 Å². The van der Waals surface area contributed by atoms with Gasteiger partial charge in [-0.3, -0.25) is 0 Å². The molecule has 1 fully saturated rings. The normalized spacial score (nSPS) is 17.0. The van der Waals surface area contributed by atoms with Gasteiger partial charge >= 0.3 is 0 Å². The Kier molecular flexibility index (Phi) is 4.37. The number of allylic oxidation sites excluding steroid dienone is 3. The highest BCUT2D eigenvalue weighted by molar-refractivity contribution is 6.08. The van der Waals surface area contributed by atoms with Gasteiger partial charge in [0.1, 0.15) is 18.0 Å². The van der Waals surface area contributed by atoms with Crippen LogP contribution >= 0.6 is 0 Å². The molecule has 5 heteroatoms. The van der Waals surface area contributed by atoms with E-state index in [4.69, 9.17) is 5.73 Å². The summed E-state index contributed by atoms with van der Waals surface area (Å²) in [6.45, 7) is 6.02. The topological polar surface area (TPSA) is 89.7 Å². The van der Waals surface area contributed by atoms with Crippen LogP contribution in [0.3, 0.4) is 0 Å². The van der Waals surface area contributed by atoms with Gasteiger partial charge in [-0.25, -0.2) is 4.98 Å². The van der Waals surface area contributed by atoms with Gasteiger partial charge in [-0.1, -0.05) is 12.1 Å². The van der Waals surface area contributed by atoms with Crippen molar-refractivity contribution < 1.29 is 0 Å². The largest absolute Gasteiger partial charge is 0.383 e. The molecule has 2 aliphatic rings. The number of nitrogens with two attached hydrogens (primary N) is 1. The van der Waals surface area contributed by atoms with Crippen LogP contribution in [0.4, 0.5) is 11.5 Å². The maximum absolute atomic E-state index is 9.65. The van der Waals surface area contributed by atoms with Gasteiger partial charge in [-0.05, 0) is 67.2 Å². The van der Waals surface area contributed by atoms with Crippen LogP contribution in [0.5, 0.6) is 0 Å². The van der Waals surface area contributed by atoms with Gasteiger partial charge < -0.3 is 10.6 Å². The van der Waals surface area contributed by atoms with Crippen molar-refractivity contribution in [3.05, 3.63) is 57.8 Å². The summed E-state index contributed by atoms with van der Waals surface area (Å²) in [5, 5.41) is 19.1.